The zero-order chi connectivity index (χ0) is 10.8. The maximum absolute atomic E-state index is 10.8. The lowest BCUT2D eigenvalue weighted by Crippen LogP contribution is -2.03. The summed E-state index contributed by atoms with van der Waals surface area (Å²) >= 11 is 0. The van der Waals surface area contributed by atoms with Gasteiger partial charge in [-0.15, -0.1) is 0 Å². The minimum absolute atomic E-state index is 0.0233. The highest BCUT2D eigenvalue weighted by molar-refractivity contribution is 5.84. The number of carboxylic acids is 1. The molecule has 0 amide bonds. The second-order valence-electron chi connectivity index (χ2n) is 4.00. The molecular formula is C10H15NO3. The molecule has 1 unspecified atom stereocenters. The third kappa shape index (κ3) is 1.95. The maximum atomic E-state index is 10.8. The number of carbonyl (C=O) groups is 1. The molecule has 14 heavy (non-hydrogen) atoms. The largest absolute Gasteiger partial charge is 0.481 e. The highest BCUT2D eigenvalue weighted by atomic mass is 16.6. The van der Waals surface area contributed by atoms with Gasteiger partial charge in [0, 0.05) is 12.1 Å². The summed E-state index contributed by atoms with van der Waals surface area (Å²) in [5.41, 5.74) is -0.202. The molecule has 4 nitrogen and oxygen atoms in total. The van der Waals surface area contributed by atoms with E-state index < -0.39 is 5.97 Å². The first-order valence-corrected chi connectivity index (χ1v) is 4.51. The molecule has 0 spiro atoms. The predicted molar refractivity (Wildman–Crippen MR) is 53.0 cm³/mol. The third-order valence-corrected chi connectivity index (χ3v) is 2.67. The van der Waals surface area contributed by atoms with E-state index in [1.54, 1.807) is 12.3 Å². The summed E-state index contributed by atoms with van der Waals surface area (Å²) < 4.78 is 0. The number of hydrogen-bond donors (Lipinski definition) is 1. The Morgan fingerprint density at radius 2 is 2.36 bits per heavy atom. The van der Waals surface area contributed by atoms with E-state index in [0.29, 0.717) is 6.61 Å². The topological polar surface area (TPSA) is 58.9 Å². The minimum atomic E-state index is -0.768. The van der Waals surface area contributed by atoms with Crippen LogP contribution < -0.4 is 0 Å². The fourth-order valence-corrected chi connectivity index (χ4v) is 1.63. The van der Waals surface area contributed by atoms with Crippen LogP contribution in [0.25, 0.3) is 0 Å². The molecule has 1 aliphatic rings. The lowest BCUT2D eigenvalue weighted by molar-refractivity contribution is -0.139. The number of carboxylic acid groups (broad SMARTS) is 1. The molecule has 78 valence electrons. The standard InChI is InChI=1S/C10H15NO3/c1-4-5-14-11-6-7-8(9(12)13)10(7,2)3/h4,6-8H,1,5H2,2-3H3,(H,12,13)/t7?,8-/m0/s1. The molecule has 1 N–H and O–H groups in total. The Hall–Kier alpha value is -1.32. The van der Waals surface area contributed by atoms with Gasteiger partial charge in [0.1, 0.15) is 6.61 Å². The molecule has 1 fully saturated rings. The molecule has 0 bridgehead atoms. The summed E-state index contributed by atoms with van der Waals surface area (Å²) in [6.45, 7) is 7.65. The van der Waals surface area contributed by atoms with E-state index in [4.69, 9.17) is 9.94 Å². The fraction of sp³-hybridized carbons (Fsp3) is 0.600. The van der Waals surface area contributed by atoms with Gasteiger partial charge < -0.3 is 9.94 Å². The van der Waals surface area contributed by atoms with Crippen molar-refractivity contribution in [3.63, 3.8) is 0 Å². The zero-order valence-electron chi connectivity index (χ0n) is 8.43. The monoisotopic (exact) mass is 197 g/mol. The van der Waals surface area contributed by atoms with Crippen LogP contribution in [0.1, 0.15) is 13.8 Å². The summed E-state index contributed by atoms with van der Waals surface area (Å²) in [7, 11) is 0. The van der Waals surface area contributed by atoms with Crippen LogP contribution in [0.3, 0.4) is 0 Å². The van der Waals surface area contributed by atoms with Crippen molar-refractivity contribution in [2.75, 3.05) is 6.61 Å². The first-order valence-electron chi connectivity index (χ1n) is 4.51. The highest BCUT2D eigenvalue weighted by Crippen LogP contribution is 2.57. The van der Waals surface area contributed by atoms with Crippen molar-refractivity contribution in [1.82, 2.24) is 0 Å². The van der Waals surface area contributed by atoms with Crippen LogP contribution in [-0.4, -0.2) is 23.9 Å². The van der Waals surface area contributed by atoms with E-state index >= 15 is 0 Å². The van der Waals surface area contributed by atoms with Crippen LogP contribution in [0.2, 0.25) is 0 Å². The molecule has 2 atom stereocenters. The number of nitrogens with zero attached hydrogens (tertiary/aromatic N) is 1. The lowest BCUT2D eigenvalue weighted by atomic mass is 10.1. The van der Waals surface area contributed by atoms with Gasteiger partial charge in [-0.1, -0.05) is 31.7 Å². The average Bonchev–Trinajstić information content (AvgIpc) is 2.62. The fourth-order valence-electron chi connectivity index (χ4n) is 1.63. The third-order valence-electron chi connectivity index (χ3n) is 2.67. The second kappa shape index (κ2) is 3.82. The van der Waals surface area contributed by atoms with Crippen molar-refractivity contribution in [2.24, 2.45) is 22.4 Å². The van der Waals surface area contributed by atoms with Crippen molar-refractivity contribution in [2.45, 2.75) is 13.8 Å². The number of oxime groups is 1. The normalized spacial score (nSPS) is 28.7. The molecule has 1 aliphatic carbocycles. The Kier molecular flexibility index (Phi) is 2.93. The lowest BCUT2D eigenvalue weighted by Gasteiger charge is -1.96. The molecule has 0 aliphatic heterocycles. The minimum Gasteiger partial charge on any atom is -0.481 e. The molecule has 0 heterocycles. The van der Waals surface area contributed by atoms with Crippen LogP contribution in [0.4, 0.5) is 0 Å². The van der Waals surface area contributed by atoms with Gasteiger partial charge in [-0.3, -0.25) is 4.79 Å². The van der Waals surface area contributed by atoms with Crippen molar-refractivity contribution in [3.8, 4) is 0 Å². The van der Waals surface area contributed by atoms with Crippen LogP contribution in [0.15, 0.2) is 17.8 Å². The molecule has 0 aromatic rings. The second-order valence-corrected chi connectivity index (χ2v) is 4.00. The van der Waals surface area contributed by atoms with Crippen molar-refractivity contribution in [3.05, 3.63) is 12.7 Å². The van der Waals surface area contributed by atoms with E-state index in [2.05, 4.69) is 11.7 Å². The quantitative estimate of drug-likeness (QED) is 0.315. The maximum Gasteiger partial charge on any atom is 0.307 e. The molecular weight excluding hydrogens is 182 g/mol. The summed E-state index contributed by atoms with van der Waals surface area (Å²) in [5.74, 6) is -1.13. The van der Waals surface area contributed by atoms with Crippen LogP contribution in [-0.2, 0) is 9.63 Å². The SMILES string of the molecule is C=CCON=CC1[C@@H](C(=O)O)C1(C)C. The average molecular weight is 197 g/mol. The Labute approximate surface area is 83.2 Å². The Morgan fingerprint density at radius 1 is 1.71 bits per heavy atom. The number of rotatable bonds is 5. The molecule has 0 radical (unpaired) electrons. The van der Waals surface area contributed by atoms with Crippen LogP contribution >= 0.6 is 0 Å². The van der Waals surface area contributed by atoms with Gasteiger partial charge in [-0.25, -0.2) is 0 Å². The van der Waals surface area contributed by atoms with Crippen molar-refractivity contribution >= 4 is 12.2 Å². The van der Waals surface area contributed by atoms with Gasteiger partial charge >= 0.3 is 5.97 Å². The summed E-state index contributed by atoms with van der Waals surface area (Å²) in [6, 6.07) is 0. The summed E-state index contributed by atoms with van der Waals surface area (Å²) in [5, 5.41) is 12.5. The van der Waals surface area contributed by atoms with Crippen molar-refractivity contribution in [1.29, 1.82) is 0 Å². The zero-order valence-corrected chi connectivity index (χ0v) is 8.43. The van der Waals surface area contributed by atoms with E-state index in [1.165, 1.54) is 0 Å². The predicted octanol–water partition coefficient (Wildman–Crippen LogP) is 1.53. The van der Waals surface area contributed by atoms with Gasteiger partial charge in [0.05, 0.1) is 5.92 Å². The molecule has 1 saturated carbocycles. The van der Waals surface area contributed by atoms with Gasteiger partial charge in [0.15, 0.2) is 0 Å². The van der Waals surface area contributed by atoms with Gasteiger partial charge in [-0.2, -0.15) is 0 Å². The van der Waals surface area contributed by atoms with Gasteiger partial charge in [0.2, 0.25) is 0 Å². The van der Waals surface area contributed by atoms with Gasteiger partial charge in [-0.05, 0) is 5.41 Å². The Balaban J connectivity index is 2.44. The molecule has 0 aromatic carbocycles. The summed E-state index contributed by atoms with van der Waals surface area (Å²) in [4.78, 5) is 15.6. The smallest absolute Gasteiger partial charge is 0.307 e. The summed E-state index contributed by atoms with van der Waals surface area (Å²) in [6.07, 6.45) is 3.16. The number of aliphatic carboxylic acids is 1. The molecule has 0 aromatic heterocycles. The van der Waals surface area contributed by atoms with Crippen LogP contribution in [0, 0.1) is 17.3 Å². The first-order chi connectivity index (χ1) is 6.51. The first kappa shape index (κ1) is 10.8. The Morgan fingerprint density at radius 3 is 2.79 bits per heavy atom. The molecule has 1 rings (SSSR count). The Bertz CT molecular complexity index is 271. The van der Waals surface area contributed by atoms with E-state index in [9.17, 15) is 4.79 Å². The molecule has 0 saturated heterocycles. The van der Waals surface area contributed by atoms with Gasteiger partial charge in [0.25, 0.3) is 0 Å². The van der Waals surface area contributed by atoms with E-state index in [0.717, 1.165) is 0 Å². The van der Waals surface area contributed by atoms with E-state index in [-0.39, 0.29) is 17.3 Å². The van der Waals surface area contributed by atoms with Crippen LogP contribution in [0.5, 0.6) is 0 Å². The van der Waals surface area contributed by atoms with E-state index in [1.807, 2.05) is 13.8 Å². The highest BCUT2D eigenvalue weighted by Gasteiger charge is 2.61. The number of hydrogen-bond acceptors (Lipinski definition) is 3. The molecule has 4 heteroatoms. The van der Waals surface area contributed by atoms with Crippen molar-refractivity contribution < 1.29 is 14.7 Å².